The molecule has 0 saturated carbocycles. The van der Waals surface area contributed by atoms with Crippen molar-refractivity contribution in [2.75, 3.05) is 16.8 Å². The molecule has 3 heterocycles. The van der Waals surface area contributed by atoms with E-state index in [1.807, 2.05) is 59.7 Å². The molecule has 2 aromatic carbocycles. The summed E-state index contributed by atoms with van der Waals surface area (Å²) in [7, 11) is 0. The summed E-state index contributed by atoms with van der Waals surface area (Å²) >= 11 is 6.59. The molecule has 0 fully saturated rings. The van der Waals surface area contributed by atoms with E-state index in [9.17, 15) is 9.90 Å². The molecular weight excluding hydrogens is 458 g/mol. The number of hydrogen-bond acceptors (Lipinski definition) is 7. The van der Waals surface area contributed by atoms with Crippen LogP contribution in [0.15, 0.2) is 48.5 Å². The van der Waals surface area contributed by atoms with Gasteiger partial charge in [0.05, 0.1) is 22.6 Å². The van der Waals surface area contributed by atoms with Gasteiger partial charge in [-0.05, 0) is 60.5 Å². The number of tetrazole rings is 1. The Bertz CT molecular complexity index is 1340. The SMILES string of the molecule is CCOC1Nc2cccc(C(=O)O)c2N1Cc1ccc(-n2c(-c3nn[nH]n3)cc(C)c2Cl)cc1. The lowest BCUT2D eigenvalue weighted by atomic mass is 10.1. The van der Waals surface area contributed by atoms with Crippen LogP contribution in [-0.4, -0.2) is 49.2 Å². The number of fused-ring (bicyclic) bond motifs is 1. The fourth-order valence-corrected chi connectivity index (χ4v) is 4.41. The number of ether oxygens (including phenoxy) is 1. The molecule has 0 spiro atoms. The number of aromatic amines is 1. The van der Waals surface area contributed by atoms with Crippen molar-refractivity contribution in [1.29, 1.82) is 0 Å². The topological polar surface area (TPSA) is 121 Å². The van der Waals surface area contributed by atoms with E-state index < -0.39 is 12.3 Å². The molecule has 34 heavy (non-hydrogen) atoms. The summed E-state index contributed by atoms with van der Waals surface area (Å²) in [5.41, 5.74) is 5.01. The van der Waals surface area contributed by atoms with Gasteiger partial charge in [0.1, 0.15) is 5.15 Å². The number of para-hydroxylation sites is 1. The van der Waals surface area contributed by atoms with Crippen LogP contribution >= 0.6 is 11.6 Å². The lowest BCUT2D eigenvalue weighted by molar-refractivity contribution is 0.0694. The number of nitrogens with zero attached hydrogens (tertiary/aromatic N) is 5. The van der Waals surface area contributed by atoms with Crippen LogP contribution in [0, 0.1) is 6.92 Å². The van der Waals surface area contributed by atoms with E-state index in [1.54, 1.807) is 12.1 Å². The minimum Gasteiger partial charge on any atom is -0.478 e. The van der Waals surface area contributed by atoms with Crippen molar-refractivity contribution in [3.05, 3.63) is 70.4 Å². The summed E-state index contributed by atoms with van der Waals surface area (Å²) in [4.78, 5) is 13.8. The minimum absolute atomic E-state index is 0.225. The van der Waals surface area contributed by atoms with E-state index in [2.05, 4.69) is 25.9 Å². The Morgan fingerprint density at radius 2 is 2.03 bits per heavy atom. The Labute approximate surface area is 200 Å². The number of carboxylic acid groups (broad SMARTS) is 1. The van der Waals surface area contributed by atoms with Gasteiger partial charge in [-0.15, -0.1) is 10.2 Å². The first kappa shape index (κ1) is 21.9. The number of carboxylic acids is 1. The number of carbonyl (C=O) groups is 1. The fraction of sp³-hybridized carbons (Fsp3) is 0.217. The number of benzene rings is 2. The van der Waals surface area contributed by atoms with E-state index >= 15 is 0 Å². The lowest BCUT2D eigenvalue weighted by Crippen LogP contribution is -2.38. The number of H-pyrrole nitrogens is 1. The van der Waals surface area contributed by atoms with Gasteiger partial charge in [0.15, 0.2) is 0 Å². The van der Waals surface area contributed by atoms with Crippen molar-refractivity contribution < 1.29 is 14.6 Å². The van der Waals surface area contributed by atoms with Gasteiger partial charge in [-0.3, -0.25) is 4.57 Å². The molecule has 4 aromatic rings. The zero-order chi connectivity index (χ0) is 23.8. The van der Waals surface area contributed by atoms with Crippen molar-refractivity contribution in [3.63, 3.8) is 0 Å². The largest absolute Gasteiger partial charge is 0.478 e. The third-order valence-corrected chi connectivity index (χ3v) is 6.15. The van der Waals surface area contributed by atoms with Gasteiger partial charge < -0.3 is 20.1 Å². The summed E-state index contributed by atoms with van der Waals surface area (Å²) in [5, 5.41) is 27.8. The minimum atomic E-state index is -0.984. The zero-order valence-electron chi connectivity index (χ0n) is 18.5. The van der Waals surface area contributed by atoms with Crippen molar-refractivity contribution in [2.24, 2.45) is 0 Å². The first-order chi connectivity index (χ1) is 16.5. The highest BCUT2D eigenvalue weighted by Crippen LogP contribution is 2.39. The third kappa shape index (κ3) is 3.76. The molecule has 10 nitrogen and oxygen atoms in total. The van der Waals surface area contributed by atoms with Crippen LogP contribution in [0.4, 0.5) is 11.4 Å². The van der Waals surface area contributed by atoms with Gasteiger partial charge >= 0.3 is 5.97 Å². The molecule has 2 aromatic heterocycles. The van der Waals surface area contributed by atoms with Crippen LogP contribution in [0.1, 0.15) is 28.4 Å². The summed E-state index contributed by atoms with van der Waals surface area (Å²) in [5.74, 6) is -0.539. The second-order valence-corrected chi connectivity index (χ2v) is 8.19. The van der Waals surface area contributed by atoms with Crippen LogP contribution in [0.2, 0.25) is 5.15 Å². The second kappa shape index (κ2) is 8.81. The summed E-state index contributed by atoms with van der Waals surface area (Å²) in [6.45, 7) is 4.75. The Morgan fingerprint density at radius 1 is 1.24 bits per heavy atom. The van der Waals surface area contributed by atoms with E-state index in [0.29, 0.717) is 29.8 Å². The Kier molecular flexibility index (Phi) is 5.68. The maximum absolute atomic E-state index is 11.9. The molecule has 1 aliphatic heterocycles. The van der Waals surface area contributed by atoms with Crippen molar-refractivity contribution in [3.8, 4) is 17.2 Å². The highest BCUT2D eigenvalue weighted by atomic mass is 35.5. The molecule has 1 atom stereocenters. The second-order valence-electron chi connectivity index (χ2n) is 7.83. The molecular formula is C23H22ClN7O3. The molecule has 174 valence electrons. The maximum atomic E-state index is 11.9. The molecule has 11 heteroatoms. The highest BCUT2D eigenvalue weighted by molar-refractivity contribution is 6.31. The first-order valence-electron chi connectivity index (χ1n) is 10.7. The molecule has 0 amide bonds. The lowest BCUT2D eigenvalue weighted by Gasteiger charge is -2.27. The van der Waals surface area contributed by atoms with Gasteiger partial charge in [-0.25, -0.2) is 4.79 Å². The first-order valence-corrected chi connectivity index (χ1v) is 11.1. The summed E-state index contributed by atoms with van der Waals surface area (Å²) in [6, 6.07) is 14.9. The number of hydrogen-bond donors (Lipinski definition) is 3. The van der Waals surface area contributed by atoms with E-state index in [1.165, 1.54) is 0 Å². The smallest absolute Gasteiger partial charge is 0.337 e. The predicted molar refractivity (Wildman–Crippen MR) is 127 cm³/mol. The van der Waals surface area contributed by atoms with E-state index in [0.717, 1.165) is 28.2 Å². The van der Waals surface area contributed by atoms with Crippen LogP contribution < -0.4 is 10.2 Å². The predicted octanol–water partition coefficient (Wildman–Crippen LogP) is 4.07. The summed E-state index contributed by atoms with van der Waals surface area (Å²) in [6.07, 6.45) is -0.466. The monoisotopic (exact) mass is 479 g/mol. The molecule has 0 saturated heterocycles. The number of aromatic nitrogens is 5. The molecule has 5 rings (SSSR count). The molecule has 1 aliphatic rings. The molecule has 0 aliphatic carbocycles. The zero-order valence-corrected chi connectivity index (χ0v) is 19.2. The third-order valence-electron chi connectivity index (χ3n) is 5.68. The number of aryl methyl sites for hydroxylation is 1. The Morgan fingerprint density at radius 3 is 2.71 bits per heavy atom. The number of anilines is 2. The van der Waals surface area contributed by atoms with Crippen LogP contribution in [0.25, 0.3) is 17.2 Å². The van der Waals surface area contributed by atoms with Crippen LogP contribution in [0.5, 0.6) is 0 Å². The van der Waals surface area contributed by atoms with Gasteiger partial charge in [-0.2, -0.15) is 5.21 Å². The van der Waals surface area contributed by atoms with Gasteiger partial charge in [0, 0.05) is 18.8 Å². The molecule has 0 bridgehead atoms. The van der Waals surface area contributed by atoms with Crippen LogP contribution in [0.3, 0.4) is 0 Å². The highest BCUT2D eigenvalue weighted by Gasteiger charge is 2.33. The Hall–Kier alpha value is -3.89. The fourth-order valence-electron chi connectivity index (χ4n) is 4.17. The summed E-state index contributed by atoms with van der Waals surface area (Å²) < 4.78 is 7.72. The number of nitrogens with one attached hydrogen (secondary N) is 2. The van der Waals surface area contributed by atoms with Gasteiger partial charge in [-0.1, -0.05) is 29.8 Å². The number of halogens is 1. The normalized spacial score (nSPS) is 14.8. The van der Waals surface area contributed by atoms with E-state index in [4.69, 9.17) is 16.3 Å². The molecule has 1 unspecified atom stereocenters. The maximum Gasteiger partial charge on any atom is 0.337 e. The number of aromatic carboxylic acids is 1. The average molecular weight is 480 g/mol. The van der Waals surface area contributed by atoms with Crippen molar-refractivity contribution in [1.82, 2.24) is 25.2 Å². The standard InChI is InChI=1S/C23H22ClN7O3/c1-3-34-23-25-17-6-4-5-16(22(32)33)19(17)30(23)12-14-7-9-15(10-8-14)31-18(11-13(2)20(31)24)21-26-28-29-27-21/h4-11,23,25H,3,12H2,1-2H3,(H,32,33)(H,26,27,28,29). The average Bonchev–Trinajstić information content (AvgIpc) is 3.54. The Balaban J connectivity index is 1.48. The van der Waals surface area contributed by atoms with Crippen LogP contribution in [-0.2, 0) is 11.3 Å². The number of rotatable bonds is 7. The van der Waals surface area contributed by atoms with Crippen molar-refractivity contribution >= 4 is 28.9 Å². The quantitative estimate of drug-likeness (QED) is 0.362. The van der Waals surface area contributed by atoms with E-state index in [-0.39, 0.29) is 5.56 Å². The molecule has 0 radical (unpaired) electrons. The molecule has 3 N–H and O–H groups in total. The van der Waals surface area contributed by atoms with Gasteiger partial charge in [0.2, 0.25) is 12.2 Å². The van der Waals surface area contributed by atoms with Gasteiger partial charge in [0.25, 0.3) is 0 Å². The van der Waals surface area contributed by atoms with Crippen molar-refractivity contribution in [2.45, 2.75) is 26.7 Å².